The van der Waals surface area contributed by atoms with Gasteiger partial charge in [-0.15, -0.1) is 0 Å². The maximum atomic E-state index is 5.42. The van der Waals surface area contributed by atoms with Crippen LogP contribution in [0.3, 0.4) is 0 Å². The average molecular weight is 425 g/mol. The third-order valence-electron chi connectivity index (χ3n) is 3.27. The van der Waals surface area contributed by atoms with Crippen LogP contribution >= 0.6 is 0 Å². The van der Waals surface area contributed by atoms with Crippen LogP contribution in [0.4, 0.5) is 0 Å². The van der Waals surface area contributed by atoms with E-state index in [0.29, 0.717) is 112 Å². The molecule has 0 atom stereocenters. The lowest BCUT2D eigenvalue weighted by Crippen LogP contribution is -2.15. The molecule has 0 N–H and O–H groups in total. The highest BCUT2D eigenvalue weighted by molar-refractivity contribution is 4.47. The second-order valence-electron chi connectivity index (χ2n) is 5.52. The van der Waals surface area contributed by atoms with E-state index in [9.17, 15) is 0 Å². The van der Waals surface area contributed by atoms with Crippen LogP contribution in [0.1, 0.15) is 6.92 Å². The smallest absolute Gasteiger partial charge is 0.111 e. The van der Waals surface area contributed by atoms with Gasteiger partial charge in [0.05, 0.1) is 105 Å². The Hall–Kier alpha value is -0.780. The van der Waals surface area contributed by atoms with Crippen LogP contribution in [0.15, 0.2) is 12.8 Å². The van der Waals surface area contributed by atoms with Gasteiger partial charge in [-0.2, -0.15) is 0 Å². The summed E-state index contributed by atoms with van der Waals surface area (Å²) in [5.41, 5.74) is 0. The second kappa shape index (κ2) is 27.2. The first-order valence-corrected chi connectivity index (χ1v) is 10.3. The van der Waals surface area contributed by atoms with E-state index in [2.05, 4.69) is 6.58 Å². The maximum Gasteiger partial charge on any atom is 0.111 e. The quantitative estimate of drug-likeness (QED) is 0.151. The third-order valence-corrected chi connectivity index (χ3v) is 3.27. The summed E-state index contributed by atoms with van der Waals surface area (Å²) in [5.74, 6) is 0. The van der Waals surface area contributed by atoms with E-state index in [0.717, 1.165) is 0 Å². The van der Waals surface area contributed by atoms with Gasteiger partial charge in [0, 0.05) is 6.61 Å². The molecular formula is C20H40O9. The first kappa shape index (κ1) is 28.2. The Bertz CT molecular complexity index is 306. The minimum atomic E-state index is 0.511. The van der Waals surface area contributed by atoms with Crippen molar-refractivity contribution in [1.29, 1.82) is 0 Å². The van der Waals surface area contributed by atoms with Gasteiger partial charge in [0.25, 0.3) is 0 Å². The van der Waals surface area contributed by atoms with Gasteiger partial charge in [-0.1, -0.05) is 6.58 Å². The van der Waals surface area contributed by atoms with Crippen LogP contribution in [-0.2, 0) is 42.6 Å². The molecule has 9 heteroatoms. The molecule has 0 aliphatic carbocycles. The SMILES string of the molecule is C=COCCOCCOCCOCCOCCOCCOCCOCCOCC. The van der Waals surface area contributed by atoms with Crippen molar-refractivity contribution in [2.75, 3.05) is 112 Å². The van der Waals surface area contributed by atoms with E-state index in [1.54, 1.807) is 0 Å². The van der Waals surface area contributed by atoms with Crippen molar-refractivity contribution < 1.29 is 42.6 Å². The molecule has 0 aromatic rings. The molecule has 0 fully saturated rings. The average Bonchev–Trinajstić information content (AvgIpc) is 2.74. The van der Waals surface area contributed by atoms with Gasteiger partial charge in [0.15, 0.2) is 0 Å². The summed E-state index contributed by atoms with van der Waals surface area (Å²) in [6, 6.07) is 0. The maximum absolute atomic E-state index is 5.42. The predicted molar refractivity (Wildman–Crippen MR) is 108 cm³/mol. The van der Waals surface area contributed by atoms with Gasteiger partial charge < -0.3 is 42.6 Å². The molecule has 0 aliphatic rings. The molecule has 0 rings (SSSR count). The van der Waals surface area contributed by atoms with Crippen LogP contribution in [0, 0.1) is 0 Å². The first-order chi connectivity index (χ1) is 14.4. The zero-order chi connectivity index (χ0) is 21.1. The lowest BCUT2D eigenvalue weighted by atomic mass is 10.6. The van der Waals surface area contributed by atoms with E-state index < -0.39 is 0 Å². The Morgan fingerprint density at radius 1 is 0.414 bits per heavy atom. The zero-order valence-electron chi connectivity index (χ0n) is 18.0. The molecular weight excluding hydrogens is 384 g/mol. The topological polar surface area (TPSA) is 83.1 Å². The lowest BCUT2D eigenvalue weighted by molar-refractivity contribution is -0.0237. The van der Waals surface area contributed by atoms with E-state index in [4.69, 9.17) is 42.6 Å². The van der Waals surface area contributed by atoms with Crippen LogP contribution in [-0.4, -0.2) is 112 Å². The van der Waals surface area contributed by atoms with Crippen LogP contribution < -0.4 is 0 Å². The van der Waals surface area contributed by atoms with Gasteiger partial charge in [0.1, 0.15) is 6.61 Å². The van der Waals surface area contributed by atoms with Crippen LogP contribution in [0.2, 0.25) is 0 Å². The molecule has 0 aliphatic heterocycles. The fraction of sp³-hybridized carbons (Fsp3) is 0.900. The fourth-order valence-corrected chi connectivity index (χ4v) is 1.87. The van der Waals surface area contributed by atoms with E-state index in [-0.39, 0.29) is 0 Å². The molecule has 9 nitrogen and oxygen atoms in total. The second-order valence-corrected chi connectivity index (χ2v) is 5.52. The van der Waals surface area contributed by atoms with Crippen molar-refractivity contribution in [2.24, 2.45) is 0 Å². The number of hydrogen-bond donors (Lipinski definition) is 0. The summed E-state index contributed by atoms with van der Waals surface area (Å²) in [5, 5.41) is 0. The first-order valence-electron chi connectivity index (χ1n) is 10.3. The van der Waals surface area contributed by atoms with Crippen molar-refractivity contribution >= 4 is 0 Å². The Kier molecular flexibility index (Phi) is 26.5. The molecule has 0 aromatic carbocycles. The van der Waals surface area contributed by atoms with E-state index in [1.165, 1.54) is 6.26 Å². The number of hydrogen-bond acceptors (Lipinski definition) is 9. The molecule has 0 saturated heterocycles. The highest BCUT2D eigenvalue weighted by Gasteiger charge is 1.95. The van der Waals surface area contributed by atoms with Crippen molar-refractivity contribution in [3.63, 3.8) is 0 Å². The Labute approximate surface area is 175 Å². The molecule has 0 spiro atoms. The van der Waals surface area contributed by atoms with Crippen molar-refractivity contribution in [3.05, 3.63) is 12.8 Å². The Balaban J connectivity index is 2.97. The van der Waals surface area contributed by atoms with E-state index >= 15 is 0 Å². The Morgan fingerprint density at radius 2 is 0.655 bits per heavy atom. The standard InChI is InChI=1S/C20H40O9/c1-3-21-5-7-23-9-11-25-13-15-27-17-19-29-20-18-28-16-14-26-12-10-24-8-6-22-4-2/h3H,1,4-20H2,2H3. The molecule has 0 heterocycles. The molecule has 174 valence electrons. The summed E-state index contributed by atoms with van der Waals surface area (Å²) in [6.07, 6.45) is 1.40. The fourth-order valence-electron chi connectivity index (χ4n) is 1.87. The Morgan fingerprint density at radius 3 is 0.897 bits per heavy atom. The van der Waals surface area contributed by atoms with Gasteiger partial charge in [0.2, 0.25) is 0 Å². The summed E-state index contributed by atoms with van der Waals surface area (Å²) >= 11 is 0. The van der Waals surface area contributed by atoms with Gasteiger partial charge in [-0.05, 0) is 6.92 Å². The normalized spacial score (nSPS) is 11.1. The highest BCUT2D eigenvalue weighted by atomic mass is 16.6. The van der Waals surface area contributed by atoms with Gasteiger partial charge in [-0.25, -0.2) is 0 Å². The van der Waals surface area contributed by atoms with Crippen molar-refractivity contribution in [2.45, 2.75) is 6.92 Å². The van der Waals surface area contributed by atoms with Crippen molar-refractivity contribution in [3.8, 4) is 0 Å². The van der Waals surface area contributed by atoms with Crippen LogP contribution in [0.25, 0.3) is 0 Å². The monoisotopic (exact) mass is 424 g/mol. The number of rotatable bonds is 26. The summed E-state index contributed by atoms with van der Waals surface area (Å²) in [4.78, 5) is 0. The molecule has 0 aromatic heterocycles. The third kappa shape index (κ3) is 27.2. The summed E-state index contributed by atoms with van der Waals surface area (Å²) < 4.78 is 47.7. The number of ether oxygens (including phenoxy) is 9. The molecule has 0 saturated carbocycles. The highest BCUT2D eigenvalue weighted by Crippen LogP contribution is 1.86. The lowest BCUT2D eigenvalue weighted by Gasteiger charge is -2.08. The zero-order valence-corrected chi connectivity index (χ0v) is 18.0. The molecule has 0 radical (unpaired) electrons. The van der Waals surface area contributed by atoms with E-state index in [1.807, 2.05) is 6.92 Å². The van der Waals surface area contributed by atoms with Crippen LogP contribution in [0.5, 0.6) is 0 Å². The minimum Gasteiger partial charge on any atom is -0.499 e. The molecule has 0 unspecified atom stereocenters. The molecule has 0 amide bonds. The molecule has 0 bridgehead atoms. The minimum absolute atomic E-state index is 0.511. The summed E-state index contributed by atoms with van der Waals surface area (Å²) in [6.45, 7) is 14.9. The predicted octanol–water partition coefficient (Wildman–Crippen LogP) is 1.30. The van der Waals surface area contributed by atoms with Gasteiger partial charge in [-0.3, -0.25) is 0 Å². The molecule has 29 heavy (non-hydrogen) atoms. The largest absolute Gasteiger partial charge is 0.499 e. The summed E-state index contributed by atoms with van der Waals surface area (Å²) in [7, 11) is 0. The van der Waals surface area contributed by atoms with Gasteiger partial charge >= 0.3 is 0 Å². The van der Waals surface area contributed by atoms with Crippen molar-refractivity contribution in [1.82, 2.24) is 0 Å².